The molecule has 0 aliphatic heterocycles. The Hall–Kier alpha value is -0.830. The molecule has 1 aliphatic carbocycles. The average molecular weight is 291 g/mol. The normalized spacial score (nSPS) is 26.5. The van der Waals surface area contributed by atoms with Gasteiger partial charge in [0.1, 0.15) is 0 Å². The lowest BCUT2D eigenvalue weighted by Gasteiger charge is -2.38. The van der Waals surface area contributed by atoms with Crippen LogP contribution in [0.3, 0.4) is 0 Å². The Labute approximate surface area is 130 Å². The molecule has 120 valence electrons. The Morgan fingerprint density at radius 2 is 2.10 bits per heavy atom. The lowest BCUT2D eigenvalue weighted by atomic mass is 9.72. The van der Waals surface area contributed by atoms with E-state index in [1.54, 1.807) is 0 Å². The van der Waals surface area contributed by atoms with Gasteiger partial charge < -0.3 is 5.32 Å². The van der Waals surface area contributed by atoms with Crippen LogP contribution in [-0.2, 0) is 19.4 Å². The number of nitrogens with one attached hydrogen (secondary N) is 1. The van der Waals surface area contributed by atoms with Crippen LogP contribution in [0.5, 0.6) is 0 Å². The van der Waals surface area contributed by atoms with E-state index in [2.05, 4.69) is 50.8 Å². The van der Waals surface area contributed by atoms with E-state index in [4.69, 9.17) is 5.10 Å². The van der Waals surface area contributed by atoms with Gasteiger partial charge in [-0.3, -0.25) is 4.68 Å². The van der Waals surface area contributed by atoms with Gasteiger partial charge in [0.05, 0.1) is 5.69 Å². The molecule has 1 aliphatic rings. The summed E-state index contributed by atoms with van der Waals surface area (Å²) in [5.41, 5.74) is 2.67. The smallest absolute Gasteiger partial charge is 0.0624 e. The van der Waals surface area contributed by atoms with E-state index in [9.17, 15) is 0 Å². The standard InChI is InChI=1S/C18H33N3/c1-6-16-12-17(21(7-2)20-16)11-15-10-14(13(3)4)8-9-18(15)19-5/h12-15,18-19H,6-11H2,1-5H3. The highest BCUT2D eigenvalue weighted by molar-refractivity contribution is 5.12. The topological polar surface area (TPSA) is 29.9 Å². The monoisotopic (exact) mass is 291 g/mol. The van der Waals surface area contributed by atoms with Gasteiger partial charge in [-0.15, -0.1) is 0 Å². The predicted molar refractivity (Wildman–Crippen MR) is 89.5 cm³/mol. The van der Waals surface area contributed by atoms with Crippen molar-refractivity contribution in [3.63, 3.8) is 0 Å². The van der Waals surface area contributed by atoms with Gasteiger partial charge in [0, 0.05) is 18.3 Å². The Bertz CT molecular complexity index is 436. The van der Waals surface area contributed by atoms with Crippen LogP contribution in [0.25, 0.3) is 0 Å². The van der Waals surface area contributed by atoms with Gasteiger partial charge in [0.25, 0.3) is 0 Å². The van der Waals surface area contributed by atoms with Crippen LogP contribution in [-0.4, -0.2) is 22.9 Å². The van der Waals surface area contributed by atoms with E-state index in [0.29, 0.717) is 6.04 Å². The first-order valence-electron chi connectivity index (χ1n) is 8.81. The molecular weight excluding hydrogens is 258 g/mol. The summed E-state index contributed by atoms with van der Waals surface area (Å²) in [6.45, 7) is 10.1. The van der Waals surface area contributed by atoms with Crippen LogP contribution >= 0.6 is 0 Å². The van der Waals surface area contributed by atoms with Crippen molar-refractivity contribution in [2.45, 2.75) is 72.4 Å². The molecule has 0 radical (unpaired) electrons. The summed E-state index contributed by atoms with van der Waals surface area (Å²) < 4.78 is 2.21. The Morgan fingerprint density at radius 1 is 1.33 bits per heavy atom. The van der Waals surface area contributed by atoms with Crippen LogP contribution in [0, 0.1) is 17.8 Å². The van der Waals surface area contributed by atoms with Gasteiger partial charge >= 0.3 is 0 Å². The van der Waals surface area contributed by atoms with Crippen molar-refractivity contribution in [3.8, 4) is 0 Å². The van der Waals surface area contributed by atoms with Crippen molar-refractivity contribution in [3.05, 3.63) is 17.5 Å². The zero-order valence-electron chi connectivity index (χ0n) is 14.5. The first-order chi connectivity index (χ1) is 10.1. The van der Waals surface area contributed by atoms with E-state index in [1.807, 2.05) is 0 Å². The fraction of sp³-hybridized carbons (Fsp3) is 0.833. The third-order valence-corrected chi connectivity index (χ3v) is 5.38. The third kappa shape index (κ3) is 3.88. The van der Waals surface area contributed by atoms with Crippen LogP contribution in [0.4, 0.5) is 0 Å². The van der Waals surface area contributed by atoms with Gasteiger partial charge in [-0.05, 0) is 69.9 Å². The van der Waals surface area contributed by atoms with E-state index in [1.165, 1.54) is 37.1 Å². The Morgan fingerprint density at radius 3 is 2.67 bits per heavy atom. The summed E-state index contributed by atoms with van der Waals surface area (Å²) in [7, 11) is 2.13. The van der Waals surface area contributed by atoms with E-state index in [0.717, 1.165) is 30.7 Å². The molecule has 3 heteroatoms. The summed E-state index contributed by atoms with van der Waals surface area (Å²) >= 11 is 0. The lowest BCUT2D eigenvalue weighted by Crippen LogP contribution is -2.41. The summed E-state index contributed by atoms with van der Waals surface area (Å²) in [5.74, 6) is 2.46. The molecule has 0 amide bonds. The van der Waals surface area contributed by atoms with E-state index >= 15 is 0 Å². The largest absolute Gasteiger partial charge is 0.317 e. The van der Waals surface area contributed by atoms with Crippen LogP contribution < -0.4 is 5.32 Å². The highest BCUT2D eigenvalue weighted by Gasteiger charge is 2.31. The molecule has 1 saturated carbocycles. The van der Waals surface area contributed by atoms with Crippen molar-refractivity contribution in [1.29, 1.82) is 0 Å². The molecule has 0 spiro atoms. The summed E-state index contributed by atoms with van der Waals surface area (Å²) in [6, 6.07) is 3.00. The minimum absolute atomic E-state index is 0.672. The molecular formula is C18H33N3. The molecule has 0 aromatic carbocycles. The first-order valence-corrected chi connectivity index (χ1v) is 8.81. The van der Waals surface area contributed by atoms with Crippen LogP contribution in [0.15, 0.2) is 6.07 Å². The second kappa shape index (κ2) is 7.44. The fourth-order valence-corrected chi connectivity index (χ4v) is 3.91. The fourth-order valence-electron chi connectivity index (χ4n) is 3.91. The lowest BCUT2D eigenvalue weighted by molar-refractivity contribution is 0.171. The Kier molecular flexibility index (Phi) is 5.86. The van der Waals surface area contributed by atoms with Gasteiger partial charge in [-0.2, -0.15) is 5.10 Å². The third-order valence-electron chi connectivity index (χ3n) is 5.38. The number of rotatable bonds is 6. The molecule has 0 bridgehead atoms. The van der Waals surface area contributed by atoms with Crippen molar-refractivity contribution >= 4 is 0 Å². The van der Waals surface area contributed by atoms with Gasteiger partial charge in [0.2, 0.25) is 0 Å². The molecule has 0 saturated heterocycles. The van der Waals surface area contributed by atoms with Crippen LogP contribution in [0.1, 0.15) is 58.3 Å². The molecule has 1 aromatic rings. The molecule has 1 fully saturated rings. The van der Waals surface area contributed by atoms with Gasteiger partial charge in [0.15, 0.2) is 0 Å². The van der Waals surface area contributed by atoms with Crippen LogP contribution in [0.2, 0.25) is 0 Å². The number of aromatic nitrogens is 2. The molecule has 1 heterocycles. The summed E-state index contributed by atoms with van der Waals surface area (Å²) in [6.07, 6.45) is 6.28. The number of hydrogen-bond donors (Lipinski definition) is 1. The predicted octanol–water partition coefficient (Wildman–Crippen LogP) is 3.67. The molecule has 2 rings (SSSR count). The average Bonchev–Trinajstić information content (AvgIpc) is 2.89. The molecule has 3 unspecified atom stereocenters. The molecule has 3 atom stereocenters. The zero-order valence-corrected chi connectivity index (χ0v) is 14.5. The maximum Gasteiger partial charge on any atom is 0.0624 e. The second-order valence-corrected chi connectivity index (χ2v) is 6.97. The molecule has 1 aromatic heterocycles. The number of hydrogen-bond acceptors (Lipinski definition) is 2. The first kappa shape index (κ1) is 16.5. The number of aryl methyl sites for hydroxylation is 2. The van der Waals surface area contributed by atoms with Crippen molar-refractivity contribution < 1.29 is 0 Å². The Balaban J connectivity index is 2.12. The maximum atomic E-state index is 4.71. The van der Waals surface area contributed by atoms with E-state index < -0.39 is 0 Å². The second-order valence-electron chi connectivity index (χ2n) is 6.97. The van der Waals surface area contributed by atoms with Crippen molar-refractivity contribution in [2.75, 3.05) is 7.05 Å². The highest BCUT2D eigenvalue weighted by atomic mass is 15.3. The van der Waals surface area contributed by atoms with Gasteiger partial charge in [-0.25, -0.2) is 0 Å². The zero-order chi connectivity index (χ0) is 15.4. The summed E-state index contributed by atoms with van der Waals surface area (Å²) in [5, 5.41) is 8.28. The van der Waals surface area contributed by atoms with E-state index in [-0.39, 0.29) is 0 Å². The maximum absolute atomic E-state index is 4.71. The molecule has 21 heavy (non-hydrogen) atoms. The summed E-state index contributed by atoms with van der Waals surface area (Å²) in [4.78, 5) is 0. The molecule has 3 nitrogen and oxygen atoms in total. The minimum Gasteiger partial charge on any atom is -0.317 e. The minimum atomic E-state index is 0.672. The quantitative estimate of drug-likeness (QED) is 0.866. The SMILES string of the molecule is CCc1cc(CC2CC(C(C)C)CCC2NC)n(CC)n1. The van der Waals surface area contributed by atoms with Crippen molar-refractivity contribution in [1.82, 2.24) is 15.1 Å². The van der Waals surface area contributed by atoms with Gasteiger partial charge in [-0.1, -0.05) is 20.8 Å². The number of nitrogens with zero attached hydrogens (tertiary/aromatic N) is 2. The molecule has 1 N–H and O–H groups in total. The van der Waals surface area contributed by atoms with Crippen molar-refractivity contribution in [2.24, 2.45) is 17.8 Å². The highest BCUT2D eigenvalue weighted by Crippen LogP contribution is 2.35.